The van der Waals surface area contributed by atoms with Gasteiger partial charge in [-0.1, -0.05) is 0 Å². The second-order valence-corrected chi connectivity index (χ2v) is 4.37. The summed E-state index contributed by atoms with van der Waals surface area (Å²) in [6, 6.07) is 0. The fraction of sp³-hybridized carbons (Fsp3) is 0.125. The molecule has 0 aliphatic rings. The van der Waals surface area contributed by atoms with Crippen molar-refractivity contribution >= 4 is 27.7 Å². The molecule has 6 heteroatoms. The van der Waals surface area contributed by atoms with E-state index in [0.717, 1.165) is 10.2 Å². The van der Waals surface area contributed by atoms with Gasteiger partial charge in [0, 0.05) is 24.2 Å². The minimum Gasteiger partial charge on any atom is -0.439 e. The van der Waals surface area contributed by atoms with E-state index in [9.17, 15) is 0 Å². The molecule has 0 radical (unpaired) electrons. The number of rotatable bonds is 2. The molecule has 0 atom stereocenters. The highest BCUT2D eigenvalue weighted by Gasteiger charge is 2.05. The van der Waals surface area contributed by atoms with Crippen molar-refractivity contribution in [1.82, 2.24) is 15.0 Å². The SMILES string of the molecule is Cc1coc(Sc2ncc(Br)cn2)n1. The number of aryl methyl sites for hydroxylation is 1. The van der Waals surface area contributed by atoms with Gasteiger partial charge in [-0.2, -0.15) is 0 Å². The number of hydrogen-bond donors (Lipinski definition) is 0. The Morgan fingerprint density at radius 2 is 2.07 bits per heavy atom. The second-order valence-electron chi connectivity index (χ2n) is 2.54. The molecule has 2 heterocycles. The molecule has 0 spiro atoms. The van der Waals surface area contributed by atoms with Crippen LogP contribution in [0.1, 0.15) is 5.69 Å². The smallest absolute Gasteiger partial charge is 0.263 e. The first-order chi connectivity index (χ1) is 6.74. The number of hydrogen-bond acceptors (Lipinski definition) is 5. The summed E-state index contributed by atoms with van der Waals surface area (Å²) in [5.74, 6) is 0. The highest BCUT2D eigenvalue weighted by atomic mass is 79.9. The first-order valence-electron chi connectivity index (χ1n) is 3.81. The summed E-state index contributed by atoms with van der Waals surface area (Å²) in [7, 11) is 0. The van der Waals surface area contributed by atoms with E-state index in [1.165, 1.54) is 11.8 Å². The van der Waals surface area contributed by atoms with Crippen LogP contribution < -0.4 is 0 Å². The maximum absolute atomic E-state index is 5.16. The second kappa shape index (κ2) is 4.10. The van der Waals surface area contributed by atoms with Crippen LogP contribution in [0.3, 0.4) is 0 Å². The summed E-state index contributed by atoms with van der Waals surface area (Å²) in [5, 5.41) is 1.18. The van der Waals surface area contributed by atoms with Gasteiger partial charge in [0.05, 0.1) is 10.2 Å². The molecule has 0 saturated carbocycles. The lowest BCUT2D eigenvalue weighted by molar-refractivity contribution is 0.453. The molecule has 0 saturated heterocycles. The monoisotopic (exact) mass is 271 g/mol. The molecule has 0 amide bonds. The van der Waals surface area contributed by atoms with Gasteiger partial charge in [-0.15, -0.1) is 0 Å². The number of aromatic nitrogens is 3. The Bertz CT molecular complexity index is 428. The van der Waals surface area contributed by atoms with E-state index in [1.807, 2.05) is 6.92 Å². The first kappa shape index (κ1) is 9.67. The third-order valence-electron chi connectivity index (χ3n) is 1.37. The van der Waals surface area contributed by atoms with Crippen molar-refractivity contribution in [2.75, 3.05) is 0 Å². The highest BCUT2D eigenvalue weighted by Crippen LogP contribution is 2.23. The summed E-state index contributed by atoms with van der Waals surface area (Å²) in [6.45, 7) is 1.87. The number of halogens is 1. The van der Waals surface area contributed by atoms with Gasteiger partial charge in [-0.25, -0.2) is 15.0 Å². The standard InChI is InChI=1S/C8H6BrN3OS/c1-5-4-13-8(12-5)14-7-10-2-6(9)3-11-7/h2-4H,1H3. The van der Waals surface area contributed by atoms with E-state index < -0.39 is 0 Å². The molecule has 72 valence electrons. The minimum absolute atomic E-state index is 0.560. The molecule has 0 aliphatic carbocycles. The van der Waals surface area contributed by atoms with Crippen LogP contribution in [-0.2, 0) is 0 Å². The van der Waals surface area contributed by atoms with E-state index in [-0.39, 0.29) is 0 Å². The Morgan fingerprint density at radius 3 is 2.64 bits per heavy atom. The van der Waals surface area contributed by atoms with Crippen LogP contribution in [0.25, 0.3) is 0 Å². The van der Waals surface area contributed by atoms with Gasteiger partial charge in [0.25, 0.3) is 5.22 Å². The summed E-state index contributed by atoms with van der Waals surface area (Å²) in [6.07, 6.45) is 4.97. The predicted molar refractivity (Wildman–Crippen MR) is 55.1 cm³/mol. The van der Waals surface area contributed by atoms with E-state index in [4.69, 9.17) is 4.42 Å². The molecule has 2 aromatic heterocycles. The lowest BCUT2D eigenvalue weighted by Crippen LogP contribution is -1.84. The fourth-order valence-corrected chi connectivity index (χ4v) is 1.67. The van der Waals surface area contributed by atoms with Crippen molar-refractivity contribution in [3.63, 3.8) is 0 Å². The fourth-order valence-electron chi connectivity index (χ4n) is 0.810. The van der Waals surface area contributed by atoms with Crippen molar-refractivity contribution in [3.8, 4) is 0 Å². The lowest BCUT2D eigenvalue weighted by atomic mass is 10.6. The van der Waals surface area contributed by atoms with Crippen molar-refractivity contribution in [1.29, 1.82) is 0 Å². The topological polar surface area (TPSA) is 51.8 Å². The van der Waals surface area contributed by atoms with Gasteiger partial charge in [-0.05, 0) is 22.9 Å². The summed E-state index contributed by atoms with van der Waals surface area (Å²) < 4.78 is 6.01. The zero-order valence-corrected chi connectivity index (χ0v) is 9.67. The number of oxazole rings is 1. The number of nitrogens with zero attached hydrogens (tertiary/aromatic N) is 3. The average molecular weight is 272 g/mol. The normalized spacial score (nSPS) is 10.4. The van der Waals surface area contributed by atoms with Crippen LogP contribution in [0.2, 0.25) is 0 Å². The van der Waals surface area contributed by atoms with Crippen LogP contribution >= 0.6 is 27.7 Å². The summed E-state index contributed by atoms with van der Waals surface area (Å²) in [4.78, 5) is 12.3. The Hall–Kier alpha value is -0.880. The Kier molecular flexibility index (Phi) is 2.83. The van der Waals surface area contributed by atoms with Gasteiger partial charge in [0.15, 0.2) is 5.16 Å². The molecule has 2 aromatic rings. The van der Waals surface area contributed by atoms with E-state index in [0.29, 0.717) is 10.4 Å². The van der Waals surface area contributed by atoms with Crippen LogP contribution in [0, 0.1) is 6.92 Å². The predicted octanol–water partition coefficient (Wildman–Crippen LogP) is 2.69. The highest BCUT2D eigenvalue weighted by molar-refractivity contribution is 9.10. The third-order valence-corrected chi connectivity index (χ3v) is 2.54. The summed E-state index contributed by atoms with van der Waals surface area (Å²) in [5.41, 5.74) is 0.851. The van der Waals surface area contributed by atoms with E-state index in [1.54, 1.807) is 18.7 Å². The lowest BCUT2D eigenvalue weighted by Gasteiger charge is -1.93. The van der Waals surface area contributed by atoms with Crippen LogP contribution in [-0.4, -0.2) is 15.0 Å². The molecule has 0 aromatic carbocycles. The minimum atomic E-state index is 0.560. The molecule has 4 nitrogen and oxygen atoms in total. The molecular formula is C8H6BrN3OS. The largest absolute Gasteiger partial charge is 0.439 e. The van der Waals surface area contributed by atoms with Crippen molar-refractivity contribution in [2.24, 2.45) is 0 Å². The summed E-state index contributed by atoms with van der Waals surface area (Å²) >= 11 is 4.56. The molecule has 0 fully saturated rings. The molecular weight excluding hydrogens is 266 g/mol. The van der Waals surface area contributed by atoms with Gasteiger partial charge in [0.1, 0.15) is 6.26 Å². The molecule has 2 rings (SSSR count). The Labute approximate surface area is 93.3 Å². The van der Waals surface area contributed by atoms with Crippen molar-refractivity contribution in [3.05, 3.63) is 28.8 Å². The average Bonchev–Trinajstić information content (AvgIpc) is 2.56. The van der Waals surface area contributed by atoms with Crippen LogP contribution in [0.4, 0.5) is 0 Å². The van der Waals surface area contributed by atoms with Gasteiger partial charge in [-0.3, -0.25) is 0 Å². The third kappa shape index (κ3) is 2.33. The molecule has 14 heavy (non-hydrogen) atoms. The molecule has 0 bridgehead atoms. The van der Waals surface area contributed by atoms with Crippen LogP contribution in [0.5, 0.6) is 0 Å². The molecule has 0 N–H and O–H groups in total. The van der Waals surface area contributed by atoms with Crippen molar-refractivity contribution in [2.45, 2.75) is 17.3 Å². The molecule has 0 aliphatic heterocycles. The quantitative estimate of drug-likeness (QED) is 0.787. The van der Waals surface area contributed by atoms with E-state index in [2.05, 4.69) is 30.9 Å². The molecule has 0 unspecified atom stereocenters. The van der Waals surface area contributed by atoms with Gasteiger partial charge >= 0.3 is 0 Å². The van der Waals surface area contributed by atoms with Gasteiger partial charge in [0.2, 0.25) is 0 Å². The first-order valence-corrected chi connectivity index (χ1v) is 5.42. The maximum atomic E-state index is 5.16. The van der Waals surface area contributed by atoms with E-state index >= 15 is 0 Å². The van der Waals surface area contributed by atoms with Crippen molar-refractivity contribution < 1.29 is 4.42 Å². The van der Waals surface area contributed by atoms with Crippen LogP contribution in [0.15, 0.2) is 37.9 Å². The zero-order chi connectivity index (χ0) is 9.97. The van der Waals surface area contributed by atoms with Gasteiger partial charge < -0.3 is 4.42 Å². The maximum Gasteiger partial charge on any atom is 0.263 e. The Balaban J connectivity index is 2.15. The Morgan fingerprint density at radius 1 is 1.36 bits per heavy atom. The zero-order valence-electron chi connectivity index (χ0n) is 7.27.